The molecule has 2 aliphatic rings. The van der Waals surface area contributed by atoms with Crippen LogP contribution in [0.4, 0.5) is 0 Å². The van der Waals surface area contributed by atoms with Gasteiger partial charge < -0.3 is 4.74 Å². The van der Waals surface area contributed by atoms with Crippen LogP contribution in [0.1, 0.15) is 24.0 Å². The maximum absolute atomic E-state index is 11.6. The zero-order valence-corrected chi connectivity index (χ0v) is 8.77. The van der Waals surface area contributed by atoms with Gasteiger partial charge in [-0.05, 0) is 30.4 Å². The summed E-state index contributed by atoms with van der Waals surface area (Å²) in [6, 6.07) is 8.45. The van der Waals surface area contributed by atoms with Gasteiger partial charge >= 0.3 is 5.97 Å². The molecule has 0 N–H and O–H groups in total. The lowest BCUT2D eigenvalue weighted by atomic mass is 10.0. The van der Waals surface area contributed by atoms with E-state index in [0.717, 1.165) is 6.42 Å². The van der Waals surface area contributed by atoms with E-state index in [1.54, 1.807) is 0 Å². The SMILES string of the molecule is CCOC(=O)[C@@H]1[C@H]2Cc3ccccc3[C@H]21. The van der Waals surface area contributed by atoms with Gasteiger partial charge in [0.05, 0.1) is 12.5 Å². The molecular formula is C13H14O2. The second-order valence-electron chi connectivity index (χ2n) is 4.37. The highest BCUT2D eigenvalue weighted by molar-refractivity contribution is 5.79. The van der Waals surface area contributed by atoms with Gasteiger partial charge in [0.25, 0.3) is 0 Å². The van der Waals surface area contributed by atoms with Crippen molar-refractivity contribution in [3.63, 3.8) is 0 Å². The van der Waals surface area contributed by atoms with E-state index in [-0.39, 0.29) is 11.9 Å². The third-order valence-corrected chi connectivity index (χ3v) is 3.60. The number of carbonyl (C=O) groups is 1. The summed E-state index contributed by atoms with van der Waals surface area (Å²) in [7, 11) is 0. The van der Waals surface area contributed by atoms with Crippen molar-refractivity contribution in [1.29, 1.82) is 0 Å². The normalized spacial score (nSPS) is 30.6. The topological polar surface area (TPSA) is 26.3 Å². The maximum Gasteiger partial charge on any atom is 0.309 e. The van der Waals surface area contributed by atoms with Crippen LogP contribution < -0.4 is 0 Å². The highest BCUT2D eigenvalue weighted by Crippen LogP contribution is 2.61. The molecule has 0 heterocycles. The van der Waals surface area contributed by atoms with E-state index in [1.165, 1.54) is 11.1 Å². The minimum atomic E-state index is 0.00185. The first-order valence-electron chi connectivity index (χ1n) is 5.57. The van der Waals surface area contributed by atoms with Crippen molar-refractivity contribution < 1.29 is 9.53 Å². The Bertz CT molecular complexity index is 411. The molecule has 0 radical (unpaired) electrons. The quantitative estimate of drug-likeness (QED) is 0.687. The Kier molecular flexibility index (Phi) is 1.84. The predicted octanol–water partition coefficient (Wildman–Crippen LogP) is 2.14. The van der Waals surface area contributed by atoms with Gasteiger partial charge in [-0.1, -0.05) is 24.3 Å². The van der Waals surface area contributed by atoms with Crippen LogP contribution in [0.5, 0.6) is 0 Å². The van der Waals surface area contributed by atoms with Crippen LogP contribution in [-0.2, 0) is 16.0 Å². The van der Waals surface area contributed by atoms with E-state index in [4.69, 9.17) is 4.74 Å². The van der Waals surface area contributed by atoms with Crippen LogP contribution in [0.25, 0.3) is 0 Å². The zero-order chi connectivity index (χ0) is 10.4. The molecule has 2 heteroatoms. The monoisotopic (exact) mass is 202 g/mol. The first-order valence-corrected chi connectivity index (χ1v) is 5.57. The van der Waals surface area contributed by atoms with Gasteiger partial charge in [-0.3, -0.25) is 4.79 Å². The summed E-state index contributed by atoms with van der Waals surface area (Å²) >= 11 is 0. The van der Waals surface area contributed by atoms with Gasteiger partial charge in [0.1, 0.15) is 0 Å². The summed E-state index contributed by atoms with van der Waals surface area (Å²) in [5, 5.41) is 0. The van der Waals surface area contributed by atoms with E-state index in [0.29, 0.717) is 18.4 Å². The van der Waals surface area contributed by atoms with E-state index in [1.807, 2.05) is 6.92 Å². The molecule has 1 aromatic rings. The fourth-order valence-electron chi connectivity index (χ4n) is 2.91. The van der Waals surface area contributed by atoms with Crippen molar-refractivity contribution in [1.82, 2.24) is 0 Å². The van der Waals surface area contributed by atoms with E-state index in [9.17, 15) is 4.79 Å². The number of rotatable bonds is 2. The molecule has 0 saturated heterocycles. The smallest absolute Gasteiger partial charge is 0.309 e. The second-order valence-corrected chi connectivity index (χ2v) is 4.37. The third-order valence-electron chi connectivity index (χ3n) is 3.60. The third kappa shape index (κ3) is 1.21. The summed E-state index contributed by atoms with van der Waals surface area (Å²) < 4.78 is 5.08. The summed E-state index contributed by atoms with van der Waals surface area (Å²) in [6.07, 6.45) is 1.06. The van der Waals surface area contributed by atoms with Gasteiger partial charge in [0.15, 0.2) is 0 Å². The average Bonchev–Trinajstić information content (AvgIpc) is 2.83. The molecule has 0 aromatic heterocycles. The zero-order valence-electron chi connectivity index (χ0n) is 8.77. The molecule has 0 unspecified atom stereocenters. The van der Waals surface area contributed by atoms with Gasteiger partial charge in [0, 0.05) is 5.92 Å². The molecule has 15 heavy (non-hydrogen) atoms. The van der Waals surface area contributed by atoms with Crippen molar-refractivity contribution in [3.05, 3.63) is 35.4 Å². The number of ether oxygens (including phenoxy) is 1. The molecular weight excluding hydrogens is 188 g/mol. The Morgan fingerprint density at radius 1 is 1.47 bits per heavy atom. The largest absolute Gasteiger partial charge is 0.466 e. The first kappa shape index (κ1) is 8.96. The number of fused-ring (bicyclic) bond motifs is 3. The van der Waals surface area contributed by atoms with Crippen LogP contribution in [0.3, 0.4) is 0 Å². The average molecular weight is 202 g/mol. The van der Waals surface area contributed by atoms with Crippen molar-refractivity contribution in [2.45, 2.75) is 19.3 Å². The van der Waals surface area contributed by atoms with Crippen molar-refractivity contribution in [2.75, 3.05) is 6.61 Å². The molecule has 2 nitrogen and oxygen atoms in total. The number of hydrogen-bond donors (Lipinski definition) is 0. The van der Waals surface area contributed by atoms with Gasteiger partial charge in [-0.2, -0.15) is 0 Å². The molecule has 1 saturated carbocycles. The lowest BCUT2D eigenvalue weighted by Crippen LogP contribution is -2.10. The second kappa shape index (κ2) is 3.09. The van der Waals surface area contributed by atoms with Crippen molar-refractivity contribution >= 4 is 5.97 Å². The number of esters is 1. The van der Waals surface area contributed by atoms with Crippen LogP contribution in [0.2, 0.25) is 0 Å². The Labute approximate surface area is 89.2 Å². The number of carbonyl (C=O) groups excluding carboxylic acids is 1. The Balaban J connectivity index is 1.81. The minimum Gasteiger partial charge on any atom is -0.466 e. The lowest BCUT2D eigenvalue weighted by molar-refractivity contribution is -0.145. The van der Waals surface area contributed by atoms with Crippen molar-refractivity contribution in [3.8, 4) is 0 Å². The molecule has 3 rings (SSSR count). The minimum absolute atomic E-state index is 0.00185. The molecule has 0 amide bonds. The standard InChI is InChI=1S/C13H14O2/c1-2-15-13(14)12-10-7-8-5-3-4-6-9(8)11(10)12/h3-6,10-12H,2,7H2,1H3/t10-,11+,12+/m0/s1. The van der Waals surface area contributed by atoms with Crippen LogP contribution in [0.15, 0.2) is 24.3 Å². The summed E-state index contributed by atoms with van der Waals surface area (Å²) in [6.45, 7) is 2.36. The van der Waals surface area contributed by atoms with Crippen LogP contribution in [-0.4, -0.2) is 12.6 Å². The molecule has 0 spiro atoms. The van der Waals surface area contributed by atoms with Gasteiger partial charge in [0.2, 0.25) is 0 Å². The summed E-state index contributed by atoms with van der Waals surface area (Å²) in [5.74, 6) is 1.14. The Morgan fingerprint density at radius 2 is 2.27 bits per heavy atom. The lowest BCUT2D eigenvalue weighted by Gasteiger charge is -2.06. The predicted molar refractivity (Wildman–Crippen MR) is 56.5 cm³/mol. The van der Waals surface area contributed by atoms with Gasteiger partial charge in [-0.15, -0.1) is 0 Å². The summed E-state index contributed by atoms with van der Waals surface area (Å²) in [4.78, 5) is 11.6. The highest BCUT2D eigenvalue weighted by atomic mass is 16.5. The van der Waals surface area contributed by atoms with Crippen molar-refractivity contribution in [2.24, 2.45) is 11.8 Å². The van der Waals surface area contributed by atoms with E-state index >= 15 is 0 Å². The Hall–Kier alpha value is -1.31. The molecule has 2 aliphatic carbocycles. The molecule has 1 fully saturated rings. The Morgan fingerprint density at radius 3 is 3.07 bits per heavy atom. The number of hydrogen-bond acceptors (Lipinski definition) is 2. The fraction of sp³-hybridized carbons (Fsp3) is 0.462. The fourth-order valence-corrected chi connectivity index (χ4v) is 2.91. The molecule has 3 atom stereocenters. The van der Waals surface area contributed by atoms with E-state index < -0.39 is 0 Å². The first-order chi connectivity index (χ1) is 7.33. The van der Waals surface area contributed by atoms with Crippen LogP contribution in [0, 0.1) is 11.8 Å². The molecule has 0 bridgehead atoms. The highest BCUT2D eigenvalue weighted by Gasteiger charge is 2.59. The maximum atomic E-state index is 11.6. The summed E-state index contributed by atoms with van der Waals surface area (Å²) in [5.41, 5.74) is 2.80. The molecule has 1 aromatic carbocycles. The van der Waals surface area contributed by atoms with Crippen LogP contribution >= 0.6 is 0 Å². The number of benzene rings is 1. The van der Waals surface area contributed by atoms with Gasteiger partial charge in [-0.25, -0.2) is 0 Å². The molecule has 78 valence electrons. The molecule has 0 aliphatic heterocycles. The van der Waals surface area contributed by atoms with E-state index in [2.05, 4.69) is 24.3 Å².